The maximum Gasteiger partial charge on any atom is 0.243 e. The van der Waals surface area contributed by atoms with Crippen LogP contribution < -0.4 is 10.1 Å². The fraction of sp³-hybridized carbons (Fsp3) is 0.429. The number of carbonyl (C=O) groups excluding carboxylic acids is 1. The van der Waals surface area contributed by atoms with Gasteiger partial charge in [-0.15, -0.1) is 15.3 Å². The van der Waals surface area contributed by atoms with E-state index in [9.17, 15) is 4.79 Å². The van der Waals surface area contributed by atoms with Gasteiger partial charge < -0.3 is 14.6 Å². The molecule has 160 valence electrons. The van der Waals surface area contributed by atoms with Gasteiger partial charge in [-0.3, -0.25) is 9.48 Å². The third-order valence-corrected chi connectivity index (χ3v) is 5.57. The third kappa shape index (κ3) is 4.84. The van der Waals surface area contributed by atoms with Crippen molar-refractivity contribution in [3.63, 3.8) is 0 Å². The molecule has 0 aliphatic carbocycles. The molecule has 2 heterocycles. The first-order chi connectivity index (χ1) is 14.5. The lowest BCUT2D eigenvalue weighted by atomic mass is 10.1. The van der Waals surface area contributed by atoms with Crippen LogP contribution in [0.5, 0.6) is 5.88 Å². The molecular formula is C21H28N6O2S. The molecule has 0 radical (unpaired) electrons. The van der Waals surface area contributed by atoms with Crippen molar-refractivity contribution in [3.8, 4) is 17.3 Å². The van der Waals surface area contributed by atoms with Gasteiger partial charge in [-0.2, -0.15) is 0 Å². The molecule has 2 aromatic heterocycles. The zero-order chi connectivity index (χ0) is 21.7. The first-order valence-corrected chi connectivity index (χ1v) is 11.1. The molecule has 30 heavy (non-hydrogen) atoms. The van der Waals surface area contributed by atoms with E-state index in [-0.39, 0.29) is 11.7 Å². The fourth-order valence-corrected chi connectivity index (χ4v) is 3.83. The highest BCUT2D eigenvalue weighted by Crippen LogP contribution is 2.30. The van der Waals surface area contributed by atoms with Crippen LogP contribution in [0.1, 0.15) is 31.9 Å². The van der Waals surface area contributed by atoms with Crippen LogP contribution in [0.3, 0.4) is 0 Å². The van der Waals surface area contributed by atoms with Crippen LogP contribution in [-0.4, -0.2) is 42.8 Å². The smallest absolute Gasteiger partial charge is 0.243 e. The molecule has 3 rings (SSSR count). The summed E-state index contributed by atoms with van der Waals surface area (Å²) in [6.45, 7) is 11.9. The lowest BCUT2D eigenvalue weighted by Gasteiger charge is -2.10. The molecule has 0 fully saturated rings. The van der Waals surface area contributed by atoms with Crippen molar-refractivity contribution in [1.82, 2.24) is 24.5 Å². The number of rotatable bonds is 9. The first-order valence-electron chi connectivity index (χ1n) is 10.1. The van der Waals surface area contributed by atoms with Gasteiger partial charge in [0.05, 0.1) is 12.4 Å². The van der Waals surface area contributed by atoms with Crippen LogP contribution in [0.4, 0.5) is 5.69 Å². The quantitative estimate of drug-likeness (QED) is 0.520. The maximum atomic E-state index is 12.5. The number of aromatic nitrogens is 5. The van der Waals surface area contributed by atoms with Gasteiger partial charge in [0.25, 0.3) is 0 Å². The largest absolute Gasteiger partial charge is 0.476 e. The van der Waals surface area contributed by atoms with E-state index in [1.54, 1.807) is 0 Å². The number of ether oxygens (including phenoxy) is 1. The third-order valence-electron chi connectivity index (χ3n) is 4.61. The van der Waals surface area contributed by atoms with Gasteiger partial charge in [-0.1, -0.05) is 23.9 Å². The molecule has 3 aromatic rings. The van der Waals surface area contributed by atoms with E-state index in [4.69, 9.17) is 4.74 Å². The Kier molecular flexibility index (Phi) is 7.15. The molecule has 8 nitrogen and oxygen atoms in total. The zero-order valence-electron chi connectivity index (χ0n) is 18.1. The Labute approximate surface area is 181 Å². The molecule has 0 aliphatic heterocycles. The first kappa shape index (κ1) is 21.9. The maximum absolute atomic E-state index is 12.5. The van der Waals surface area contributed by atoms with Gasteiger partial charge >= 0.3 is 0 Å². The highest BCUT2D eigenvalue weighted by atomic mass is 32.2. The molecule has 0 saturated carbocycles. The Balaban J connectivity index is 1.75. The van der Waals surface area contributed by atoms with Crippen molar-refractivity contribution >= 4 is 23.4 Å². The van der Waals surface area contributed by atoms with E-state index >= 15 is 0 Å². The number of anilines is 1. The highest BCUT2D eigenvalue weighted by molar-refractivity contribution is 7.99. The second kappa shape index (κ2) is 9.80. The predicted molar refractivity (Wildman–Crippen MR) is 119 cm³/mol. The van der Waals surface area contributed by atoms with Crippen molar-refractivity contribution in [2.24, 2.45) is 0 Å². The fourth-order valence-electron chi connectivity index (χ4n) is 3.03. The number of benzene rings is 1. The summed E-state index contributed by atoms with van der Waals surface area (Å²) < 4.78 is 9.48. The van der Waals surface area contributed by atoms with E-state index in [2.05, 4.69) is 20.6 Å². The monoisotopic (exact) mass is 428 g/mol. The number of thioether (sulfide) groups is 1. The van der Waals surface area contributed by atoms with Gasteiger partial charge in [0.15, 0.2) is 11.0 Å². The Morgan fingerprint density at radius 1 is 1.17 bits per heavy atom. The topological polar surface area (TPSA) is 86.9 Å². The van der Waals surface area contributed by atoms with Gasteiger partial charge in [-0.05, 0) is 51.8 Å². The Hall–Kier alpha value is -2.81. The summed E-state index contributed by atoms with van der Waals surface area (Å²) in [5, 5.41) is 16.8. The standard InChI is InChI=1S/C21H28N6O2S/c1-6-26-12-16(20(25-26)29-8-3)19-23-24-21(27(19)7-2)30-13-18(28)22-17-11-14(4)9-10-15(17)5/h9-12H,6-8,13H2,1-5H3,(H,22,28). The molecular weight excluding hydrogens is 400 g/mol. The number of hydrogen-bond acceptors (Lipinski definition) is 6. The molecule has 0 spiro atoms. The lowest BCUT2D eigenvalue weighted by Crippen LogP contribution is -2.15. The summed E-state index contributed by atoms with van der Waals surface area (Å²) in [5.41, 5.74) is 3.79. The average molecular weight is 429 g/mol. The van der Waals surface area contributed by atoms with Crippen LogP contribution >= 0.6 is 11.8 Å². The van der Waals surface area contributed by atoms with Crippen LogP contribution in [0, 0.1) is 13.8 Å². The molecule has 1 amide bonds. The minimum atomic E-state index is -0.0743. The summed E-state index contributed by atoms with van der Waals surface area (Å²) in [6, 6.07) is 6.01. The van der Waals surface area contributed by atoms with Crippen LogP contribution in [0.15, 0.2) is 29.6 Å². The summed E-state index contributed by atoms with van der Waals surface area (Å²) in [5.74, 6) is 1.41. The van der Waals surface area contributed by atoms with Crippen molar-refractivity contribution in [2.75, 3.05) is 17.7 Å². The number of aryl methyl sites for hydroxylation is 3. The minimum absolute atomic E-state index is 0.0743. The van der Waals surface area contributed by atoms with Crippen molar-refractivity contribution in [3.05, 3.63) is 35.5 Å². The molecule has 0 unspecified atom stereocenters. The van der Waals surface area contributed by atoms with E-state index < -0.39 is 0 Å². The molecule has 1 aromatic carbocycles. The van der Waals surface area contributed by atoms with E-state index in [1.807, 2.05) is 68.3 Å². The molecule has 1 N–H and O–H groups in total. The van der Waals surface area contributed by atoms with Crippen LogP contribution in [0.2, 0.25) is 0 Å². The summed E-state index contributed by atoms with van der Waals surface area (Å²) in [7, 11) is 0. The lowest BCUT2D eigenvalue weighted by molar-refractivity contribution is -0.113. The number of hydrogen-bond donors (Lipinski definition) is 1. The molecule has 0 aliphatic rings. The zero-order valence-corrected chi connectivity index (χ0v) is 18.9. The van der Waals surface area contributed by atoms with Crippen molar-refractivity contribution < 1.29 is 9.53 Å². The number of amides is 1. The van der Waals surface area contributed by atoms with E-state index in [0.29, 0.717) is 30.0 Å². The van der Waals surface area contributed by atoms with Gasteiger partial charge in [0.1, 0.15) is 5.56 Å². The summed E-state index contributed by atoms with van der Waals surface area (Å²) in [6.07, 6.45) is 1.92. The summed E-state index contributed by atoms with van der Waals surface area (Å²) in [4.78, 5) is 12.5. The Morgan fingerprint density at radius 2 is 1.97 bits per heavy atom. The molecule has 0 atom stereocenters. The van der Waals surface area contributed by atoms with E-state index in [0.717, 1.165) is 28.9 Å². The normalized spacial score (nSPS) is 11.0. The second-order valence-electron chi connectivity index (χ2n) is 6.84. The Morgan fingerprint density at radius 3 is 2.67 bits per heavy atom. The number of nitrogens with one attached hydrogen (secondary N) is 1. The van der Waals surface area contributed by atoms with Gasteiger partial charge in [0, 0.05) is 25.0 Å². The minimum Gasteiger partial charge on any atom is -0.476 e. The molecule has 9 heteroatoms. The van der Waals surface area contributed by atoms with Gasteiger partial charge in [-0.25, -0.2) is 0 Å². The average Bonchev–Trinajstić information content (AvgIpc) is 3.32. The van der Waals surface area contributed by atoms with Gasteiger partial charge in [0.2, 0.25) is 11.8 Å². The Bertz CT molecular complexity index is 1030. The summed E-state index contributed by atoms with van der Waals surface area (Å²) >= 11 is 1.37. The van der Waals surface area contributed by atoms with Crippen molar-refractivity contribution in [2.45, 2.75) is 52.9 Å². The molecule has 0 bridgehead atoms. The predicted octanol–water partition coefficient (Wildman–Crippen LogP) is 3.93. The SMILES string of the molecule is CCOc1nn(CC)cc1-c1nnc(SCC(=O)Nc2cc(C)ccc2C)n1CC. The highest BCUT2D eigenvalue weighted by Gasteiger charge is 2.21. The molecule has 0 saturated heterocycles. The number of carbonyl (C=O) groups is 1. The van der Waals surface area contributed by atoms with E-state index in [1.165, 1.54) is 11.8 Å². The van der Waals surface area contributed by atoms with Crippen LogP contribution in [0.25, 0.3) is 11.4 Å². The van der Waals surface area contributed by atoms with Crippen molar-refractivity contribution in [1.29, 1.82) is 0 Å². The second-order valence-corrected chi connectivity index (χ2v) is 7.78. The number of nitrogens with zero attached hydrogens (tertiary/aromatic N) is 5. The van der Waals surface area contributed by atoms with Crippen LogP contribution in [-0.2, 0) is 17.9 Å².